The van der Waals surface area contributed by atoms with E-state index >= 15 is 0 Å². The minimum absolute atomic E-state index is 0.338. The number of fused-ring (bicyclic) bond motifs is 2. The molecule has 6 heteroatoms. The molecule has 0 amide bonds. The summed E-state index contributed by atoms with van der Waals surface area (Å²) in [5, 5.41) is 12.8. The monoisotopic (exact) mass is 435 g/mol. The molecule has 0 spiro atoms. The van der Waals surface area contributed by atoms with Gasteiger partial charge in [0.1, 0.15) is 5.75 Å². The van der Waals surface area contributed by atoms with Crippen LogP contribution in [-0.2, 0) is 22.4 Å². The number of benzene rings is 3. The highest BCUT2D eigenvalue weighted by molar-refractivity contribution is 7.99. The van der Waals surface area contributed by atoms with Crippen LogP contribution in [-0.4, -0.2) is 30.4 Å². The Bertz CT molecular complexity index is 1050. The lowest BCUT2D eigenvalue weighted by Crippen LogP contribution is -2.26. The molecule has 0 fully saturated rings. The number of anilines is 2. The lowest BCUT2D eigenvalue weighted by molar-refractivity contribution is -0.149. The normalized spacial score (nSPS) is 12.9. The van der Waals surface area contributed by atoms with E-state index in [-0.39, 0.29) is 0 Å². The molecule has 0 aliphatic carbocycles. The Kier molecular flexibility index (Phi) is 6.79. The van der Waals surface area contributed by atoms with E-state index in [1.807, 2.05) is 30.3 Å². The molecule has 1 aliphatic rings. The fraction of sp³-hybridized carbons (Fsp3) is 0.240. The molecule has 4 rings (SSSR count). The minimum atomic E-state index is -0.942. The van der Waals surface area contributed by atoms with Crippen LogP contribution < -0.4 is 10.1 Å². The molecule has 1 atom stereocenters. The molecule has 0 radical (unpaired) electrons. The second kappa shape index (κ2) is 9.90. The number of nitrogens with one attached hydrogen (secondary N) is 1. The zero-order chi connectivity index (χ0) is 21.6. The quantitative estimate of drug-likeness (QED) is 0.359. The van der Waals surface area contributed by atoms with Gasteiger partial charge in [0.2, 0.25) is 0 Å². The Balaban J connectivity index is 1.35. The van der Waals surface area contributed by atoms with Crippen molar-refractivity contribution >= 4 is 29.1 Å². The maximum absolute atomic E-state index is 11.3. The van der Waals surface area contributed by atoms with Gasteiger partial charge in [-0.15, -0.1) is 0 Å². The average molecular weight is 436 g/mol. The van der Waals surface area contributed by atoms with Crippen LogP contribution in [0.2, 0.25) is 0 Å². The number of carboxylic acids is 1. The molecule has 1 unspecified atom stereocenters. The van der Waals surface area contributed by atoms with Crippen LogP contribution in [0.15, 0.2) is 76.5 Å². The second-order valence-corrected chi connectivity index (χ2v) is 8.33. The molecule has 0 bridgehead atoms. The number of hydrogen-bond acceptors (Lipinski definition) is 5. The molecule has 5 nitrogen and oxygen atoms in total. The van der Waals surface area contributed by atoms with E-state index in [1.165, 1.54) is 15.4 Å². The Morgan fingerprint density at radius 2 is 1.81 bits per heavy atom. The van der Waals surface area contributed by atoms with Crippen LogP contribution in [0.1, 0.15) is 18.1 Å². The van der Waals surface area contributed by atoms with Gasteiger partial charge in [0.05, 0.1) is 18.0 Å². The van der Waals surface area contributed by atoms with Gasteiger partial charge in [-0.05, 0) is 48.4 Å². The average Bonchev–Trinajstić information content (AvgIpc) is 2.78. The summed E-state index contributed by atoms with van der Waals surface area (Å²) in [6, 6.07) is 22.2. The molecule has 3 aromatic rings. The van der Waals surface area contributed by atoms with Gasteiger partial charge in [-0.2, -0.15) is 0 Å². The minimum Gasteiger partial charge on any atom is -0.493 e. The highest BCUT2D eigenvalue weighted by atomic mass is 32.2. The molecule has 1 aliphatic heterocycles. The standard InChI is InChI=1S/C25H25NO4S/c1-2-29-21(25(27)28)16-17-10-12-19(13-11-17)30-15-14-18-6-5-9-23-24(18)26-20-7-3-4-8-22(20)31-23/h3-13,21,26H,2,14-16H2,1H3,(H,27,28). The van der Waals surface area contributed by atoms with Crippen molar-refractivity contribution in [2.45, 2.75) is 35.7 Å². The maximum Gasteiger partial charge on any atom is 0.333 e. The number of hydrogen-bond donors (Lipinski definition) is 2. The topological polar surface area (TPSA) is 67.8 Å². The Hall–Kier alpha value is -2.96. The van der Waals surface area contributed by atoms with Crippen molar-refractivity contribution in [2.75, 3.05) is 18.5 Å². The van der Waals surface area contributed by atoms with Crippen LogP contribution in [0.25, 0.3) is 0 Å². The van der Waals surface area contributed by atoms with Crippen LogP contribution in [0.5, 0.6) is 5.75 Å². The summed E-state index contributed by atoms with van der Waals surface area (Å²) >= 11 is 1.78. The van der Waals surface area contributed by atoms with E-state index in [0.29, 0.717) is 19.6 Å². The van der Waals surface area contributed by atoms with E-state index in [1.54, 1.807) is 18.7 Å². The maximum atomic E-state index is 11.3. The molecule has 0 saturated heterocycles. The Labute approximate surface area is 186 Å². The summed E-state index contributed by atoms with van der Waals surface area (Å²) < 4.78 is 11.2. The van der Waals surface area contributed by atoms with Crippen molar-refractivity contribution < 1.29 is 19.4 Å². The number of ether oxygens (including phenoxy) is 2. The molecule has 160 valence electrons. The van der Waals surface area contributed by atoms with Crippen molar-refractivity contribution in [3.63, 3.8) is 0 Å². The third kappa shape index (κ3) is 5.21. The van der Waals surface area contributed by atoms with Crippen molar-refractivity contribution in [1.82, 2.24) is 0 Å². The predicted octanol–water partition coefficient (Wildman–Crippen LogP) is 5.55. The summed E-state index contributed by atoms with van der Waals surface area (Å²) in [6.07, 6.45) is 0.299. The molecule has 3 aromatic carbocycles. The fourth-order valence-electron chi connectivity index (χ4n) is 3.56. The largest absolute Gasteiger partial charge is 0.493 e. The van der Waals surface area contributed by atoms with Gasteiger partial charge in [0, 0.05) is 29.2 Å². The van der Waals surface area contributed by atoms with Gasteiger partial charge < -0.3 is 19.9 Å². The number of para-hydroxylation sites is 2. The molecule has 0 saturated carbocycles. The van der Waals surface area contributed by atoms with Crippen molar-refractivity contribution in [3.8, 4) is 5.75 Å². The lowest BCUT2D eigenvalue weighted by Gasteiger charge is -2.23. The summed E-state index contributed by atoms with van der Waals surface area (Å²) in [6.45, 7) is 2.73. The lowest BCUT2D eigenvalue weighted by atomic mass is 10.1. The van der Waals surface area contributed by atoms with Crippen LogP contribution in [0, 0.1) is 0 Å². The number of rotatable bonds is 9. The van der Waals surface area contributed by atoms with E-state index < -0.39 is 12.1 Å². The predicted molar refractivity (Wildman–Crippen MR) is 123 cm³/mol. The first-order valence-corrected chi connectivity index (χ1v) is 11.2. The summed E-state index contributed by atoms with van der Waals surface area (Å²) in [4.78, 5) is 13.7. The highest BCUT2D eigenvalue weighted by Crippen LogP contribution is 2.45. The Morgan fingerprint density at radius 1 is 1.03 bits per heavy atom. The first-order chi connectivity index (χ1) is 15.1. The highest BCUT2D eigenvalue weighted by Gasteiger charge is 2.19. The molecule has 31 heavy (non-hydrogen) atoms. The number of aliphatic carboxylic acids is 1. The van der Waals surface area contributed by atoms with Gasteiger partial charge in [0.25, 0.3) is 0 Å². The van der Waals surface area contributed by atoms with Gasteiger partial charge in [-0.3, -0.25) is 0 Å². The first kappa shape index (κ1) is 21.3. The summed E-state index contributed by atoms with van der Waals surface area (Å²) in [5.41, 5.74) is 4.42. The van der Waals surface area contributed by atoms with E-state index in [9.17, 15) is 9.90 Å². The van der Waals surface area contributed by atoms with Gasteiger partial charge in [-0.1, -0.05) is 48.2 Å². The van der Waals surface area contributed by atoms with Crippen LogP contribution in [0.4, 0.5) is 11.4 Å². The second-order valence-electron chi connectivity index (χ2n) is 7.24. The van der Waals surface area contributed by atoms with Gasteiger partial charge >= 0.3 is 5.97 Å². The van der Waals surface area contributed by atoms with Crippen molar-refractivity contribution in [2.24, 2.45) is 0 Å². The van der Waals surface area contributed by atoms with Crippen LogP contribution >= 0.6 is 11.8 Å². The molecular formula is C25H25NO4S. The van der Waals surface area contributed by atoms with Gasteiger partial charge in [-0.25, -0.2) is 4.79 Å². The third-order valence-electron chi connectivity index (χ3n) is 5.11. The summed E-state index contributed by atoms with van der Waals surface area (Å²) in [5.74, 6) is -0.174. The number of carbonyl (C=O) groups is 1. The fourth-order valence-corrected chi connectivity index (χ4v) is 4.60. The molecule has 2 N–H and O–H groups in total. The molecular weight excluding hydrogens is 410 g/mol. The zero-order valence-electron chi connectivity index (χ0n) is 17.3. The third-order valence-corrected chi connectivity index (χ3v) is 6.24. The van der Waals surface area contributed by atoms with Crippen LogP contribution in [0.3, 0.4) is 0 Å². The van der Waals surface area contributed by atoms with Gasteiger partial charge in [0.15, 0.2) is 6.10 Å². The SMILES string of the molecule is CCOC(Cc1ccc(OCCc2cccc3c2Nc2ccccc2S3)cc1)C(=O)O. The van der Waals surface area contributed by atoms with Crippen molar-refractivity contribution in [1.29, 1.82) is 0 Å². The summed E-state index contributed by atoms with van der Waals surface area (Å²) in [7, 11) is 0. The smallest absolute Gasteiger partial charge is 0.333 e. The molecule has 0 aromatic heterocycles. The van der Waals surface area contributed by atoms with E-state index in [2.05, 4.69) is 41.7 Å². The molecule has 1 heterocycles. The van der Waals surface area contributed by atoms with E-state index in [4.69, 9.17) is 9.47 Å². The van der Waals surface area contributed by atoms with Crippen molar-refractivity contribution in [3.05, 3.63) is 77.9 Å². The Morgan fingerprint density at radius 3 is 2.58 bits per heavy atom. The zero-order valence-corrected chi connectivity index (χ0v) is 18.2. The van der Waals surface area contributed by atoms with E-state index in [0.717, 1.165) is 29.1 Å². The number of carboxylic acid groups (broad SMARTS) is 1. The first-order valence-electron chi connectivity index (χ1n) is 10.4.